The van der Waals surface area contributed by atoms with Crippen LogP contribution in [0.15, 0.2) is 18.2 Å². The van der Waals surface area contributed by atoms with Crippen LogP contribution in [0.4, 0.5) is 5.69 Å². The predicted molar refractivity (Wildman–Crippen MR) is 52.2 cm³/mol. The quantitative estimate of drug-likeness (QED) is 0.446. The molecule has 0 saturated carbocycles. The van der Waals surface area contributed by atoms with E-state index in [1.54, 1.807) is 12.1 Å². The van der Waals surface area contributed by atoms with Gasteiger partial charge in [-0.15, -0.1) is 23.2 Å². The smallest absolute Gasteiger partial charge is 0.258 e. The van der Waals surface area contributed by atoms with Gasteiger partial charge >= 0.3 is 0 Å². The number of nitro groups is 1. The number of alkyl halides is 2. The van der Waals surface area contributed by atoms with Crippen LogP contribution in [0.1, 0.15) is 11.1 Å². The van der Waals surface area contributed by atoms with Crippen LogP contribution in [-0.4, -0.2) is 4.92 Å². The van der Waals surface area contributed by atoms with Gasteiger partial charge in [0.25, 0.3) is 5.69 Å². The van der Waals surface area contributed by atoms with Gasteiger partial charge in [-0.05, 0) is 5.56 Å². The molecule has 70 valence electrons. The van der Waals surface area contributed by atoms with Crippen LogP contribution in [0.25, 0.3) is 0 Å². The monoisotopic (exact) mass is 219 g/mol. The Morgan fingerprint density at radius 1 is 1.31 bits per heavy atom. The van der Waals surface area contributed by atoms with Gasteiger partial charge in [0.1, 0.15) is 0 Å². The lowest BCUT2D eigenvalue weighted by Gasteiger charge is -2.00. The Balaban J connectivity index is 3.18. The maximum absolute atomic E-state index is 10.6. The fourth-order valence-electron chi connectivity index (χ4n) is 0.976. The number of nitrogens with zero attached hydrogens (tertiary/aromatic N) is 1. The summed E-state index contributed by atoms with van der Waals surface area (Å²) in [6, 6.07) is 4.81. The fraction of sp³-hybridized carbons (Fsp3) is 0.250. The summed E-state index contributed by atoms with van der Waals surface area (Å²) in [6.07, 6.45) is 0. The minimum Gasteiger partial charge on any atom is -0.258 e. The number of hydrogen-bond donors (Lipinski definition) is 0. The predicted octanol–water partition coefficient (Wildman–Crippen LogP) is 3.07. The van der Waals surface area contributed by atoms with Crippen molar-refractivity contribution in [2.75, 3.05) is 0 Å². The molecule has 1 aromatic carbocycles. The maximum Gasteiger partial charge on any atom is 0.274 e. The molecule has 0 aliphatic carbocycles. The Bertz CT molecular complexity index is 328. The molecule has 5 heteroatoms. The molecular weight excluding hydrogens is 213 g/mol. The lowest BCUT2D eigenvalue weighted by Crippen LogP contribution is -1.94. The van der Waals surface area contributed by atoms with E-state index in [1.165, 1.54) is 6.07 Å². The fourth-order valence-corrected chi connectivity index (χ4v) is 1.37. The first kappa shape index (κ1) is 10.3. The van der Waals surface area contributed by atoms with Gasteiger partial charge in [0.05, 0.1) is 10.8 Å². The average Bonchev–Trinajstić information content (AvgIpc) is 2.16. The molecular formula is C8H7Cl2NO2. The Morgan fingerprint density at radius 2 is 2.00 bits per heavy atom. The van der Waals surface area contributed by atoms with E-state index in [2.05, 4.69) is 0 Å². The minimum atomic E-state index is -0.451. The van der Waals surface area contributed by atoms with Gasteiger partial charge in [-0.25, -0.2) is 0 Å². The van der Waals surface area contributed by atoms with Crippen LogP contribution in [0.3, 0.4) is 0 Å². The van der Waals surface area contributed by atoms with E-state index in [4.69, 9.17) is 23.2 Å². The van der Waals surface area contributed by atoms with Gasteiger partial charge in [0, 0.05) is 17.5 Å². The zero-order valence-corrected chi connectivity index (χ0v) is 8.18. The van der Waals surface area contributed by atoms with E-state index in [0.717, 1.165) is 5.56 Å². The summed E-state index contributed by atoms with van der Waals surface area (Å²) in [5.41, 5.74) is 1.27. The zero-order valence-electron chi connectivity index (χ0n) is 6.67. The summed E-state index contributed by atoms with van der Waals surface area (Å²) >= 11 is 11.1. The van der Waals surface area contributed by atoms with Crippen molar-refractivity contribution >= 4 is 28.9 Å². The van der Waals surface area contributed by atoms with Gasteiger partial charge in [-0.2, -0.15) is 0 Å². The number of nitro benzene ring substituents is 1. The number of rotatable bonds is 3. The third kappa shape index (κ3) is 2.32. The third-order valence-electron chi connectivity index (χ3n) is 1.64. The summed E-state index contributed by atoms with van der Waals surface area (Å²) in [5.74, 6) is 0.405. The summed E-state index contributed by atoms with van der Waals surface area (Å²) in [5, 5.41) is 10.6. The second-order valence-corrected chi connectivity index (χ2v) is 3.02. The SMILES string of the molecule is O=[N+]([O-])c1cc(CCl)ccc1CCl. The van der Waals surface area contributed by atoms with Gasteiger partial charge in [-0.3, -0.25) is 10.1 Å². The summed E-state index contributed by atoms with van der Waals surface area (Å²) in [6.45, 7) is 0. The highest BCUT2D eigenvalue weighted by molar-refractivity contribution is 6.17. The Labute approximate surface area is 85.4 Å². The molecule has 1 rings (SSSR count). The molecule has 0 bridgehead atoms. The molecule has 0 amide bonds. The van der Waals surface area contributed by atoms with Gasteiger partial charge in [-0.1, -0.05) is 12.1 Å². The lowest BCUT2D eigenvalue weighted by molar-refractivity contribution is -0.385. The largest absolute Gasteiger partial charge is 0.274 e. The molecule has 0 heterocycles. The molecule has 1 aromatic rings. The summed E-state index contributed by atoms with van der Waals surface area (Å²) in [7, 11) is 0. The van der Waals surface area contributed by atoms with Gasteiger partial charge in [0.15, 0.2) is 0 Å². The van der Waals surface area contributed by atoms with E-state index in [1.807, 2.05) is 0 Å². The molecule has 13 heavy (non-hydrogen) atoms. The van der Waals surface area contributed by atoms with Gasteiger partial charge in [0.2, 0.25) is 0 Å². The normalized spacial score (nSPS) is 10.0. The van der Waals surface area contributed by atoms with E-state index < -0.39 is 4.92 Å². The van der Waals surface area contributed by atoms with Crippen molar-refractivity contribution in [1.29, 1.82) is 0 Å². The van der Waals surface area contributed by atoms with E-state index >= 15 is 0 Å². The lowest BCUT2D eigenvalue weighted by atomic mass is 10.1. The highest BCUT2D eigenvalue weighted by Gasteiger charge is 2.12. The van der Waals surface area contributed by atoms with E-state index in [9.17, 15) is 10.1 Å². The van der Waals surface area contributed by atoms with Crippen LogP contribution < -0.4 is 0 Å². The Hall–Kier alpha value is -0.800. The maximum atomic E-state index is 10.6. The molecule has 0 atom stereocenters. The number of hydrogen-bond acceptors (Lipinski definition) is 2. The highest BCUT2D eigenvalue weighted by Crippen LogP contribution is 2.22. The number of halogens is 2. The second-order valence-electron chi connectivity index (χ2n) is 2.49. The van der Waals surface area contributed by atoms with Crippen LogP contribution in [0, 0.1) is 10.1 Å². The molecule has 0 fully saturated rings. The third-order valence-corrected chi connectivity index (χ3v) is 2.24. The number of benzene rings is 1. The average molecular weight is 220 g/mol. The molecule has 0 unspecified atom stereocenters. The Kier molecular flexibility index (Phi) is 3.51. The first-order valence-corrected chi connectivity index (χ1v) is 4.64. The van der Waals surface area contributed by atoms with E-state index in [-0.39, 0.29) is 17.4 Å². The van der Waals surface area contributed by atoms with E-state index in [0.29, 0.717) is 5.56 Å². The van der Waals surface area contributed by atoms with Gasteiger partial charge < -0.3 is 0 Å². The zero-order chi connectivity index (χ0) is 9.84. The molecule has 0 spiro atoms. The van der Waals surface area contributed by atoms with Crippen molar-refractivity contribution < 1.29 is 4.92 Å². The Morgan fingerprint density at radius 3 is 2.46 bits per heavy atom. The molecule has 0 aromatic heterocycles. The standard InChI is InChI=1S/C8H7Cl2NO2/c9-4-6-1-2-7(5-10)8(3-6)11(12)13/h1-3H,4-5H2. The van der Waals surface area contributed by atoms with Crippen LogP contribution in [0.2, 0.25) is 0 Å². The first-order chi connectivity index (χ1) is 6.19. The molecule has 0 N–H and O–H groups in total. The molecule has 0 aliphatic heterocycles. The first-order valence-electron chi connectivity index (χ1n) is 3.57. The summed E-state index contributed by atoms with van der Waals surface area (Å²) < 4.78 is 0. The van der Waals surface area contributed by atoms with Crippen molar-refractivity contribution in [1.82, 2.24) is 0 Å². The summed E-state index contributed by atoms with van der Waals surface area (Å²) in [4.78, 5) is 10.1. The second kappa shape index (κ2) is 4.44. The molecule has 0 radical (unpaired) electrons. The topological polar surface area (TPSA) is 43.1 Å². The van der Waals surface area contributed by atoms with Crippen LogP contribution in [0.5, 0.6) is 0 Å². The highest BCUT2D eigenvalue weighted by atomic mass is 35.5. The van der Waals surface area contributed by atoms with Crippen molar-refractivity contribution in [2.24, 2.45) is 0 Å². The van der Waals surface area contributed by atoms with Crippen molar-refractivity contribution in [3.8, 4) is 0 Å². The van der Waals surface area contributed by atoms with Crippen LogP contribution in [-0.2, 0) is 11.8 Å². The van der Waals surface area contributed by atoms with Crippen molar-refractivity contribution in [3.05, 3.63) is 39.4 Å². The van der Waals surface area contributed by atoms with Crippen molar-refractivity contribution in [3.63, 3.8) is 0 Å². The van der Waals surface area contributed by atoms with Crippen molar-refractivity contribution in [2.45, 2.75) is 11.8 Å². The van der Waals surface area contributed by atoms with Crippen LogP contribution >= 0.6 is 23.2 Å². The molecule has 0 saturated heterocycles. The molecule has 0 aliphatic rings. The minimum absolute atomic E-state index is 0.0353. The molecule has 3 nitrogen and oxygen atoms in total.